The molecule has 0 bridgehead atoms. The van der Waals surface area contributed by atoms with Gasteiger partial charge in [0.25, 0.3) is 0 Å². The number of nitrogens with one attached hydrogen (secondary N) is 1. The Hall–Kier alpha value is -3.17. The zero-order valence-electron chi connectivity index (χ0n) is 18.6. The zero-order valence-corrected chi connectivity index (χ0v) is 18.6. The number of hydrogen-bond donors (Lipinski definition) is 1. The van der Waals surface area contributed by atoms with Crippen LogP contribution in [0.5, 0.6) is 5.75 Å². The van der Waals surface area contributed by atoms with Crippen molar-refractivity contribution >= 4 is 11.6 Å². The second-order valence-corrected chi connectivity index (χ2v) is 8.20. The van der Waals surface area contributed by atoms with E-state index < -0.39 is 6.36 Å². The number of aromatic nitrogens is 2. The summed E-state index contributed by atoms with van der Waals surface area (Å²) in [5.74, 6) is 0.0769. The summed E-state index contributed by atoms with van der Waals surface area (Å²) in [6.45, 7) is 7.01. The summed E-state index contributed by atoms with van der Waals surface area (Å²) in [6, 6.07) is 13.9. The van der Waals surface area contributed by atoms with Gasteiger partial charge in [0.2, 0.25) is 5.95 Å². The first-order valence-electron chi connectivity index (χ1n) is 10.7. The summed E-state index contributed by atoms with van der Waals surface area (Å²) >= 11 is 0. The monoisotopic (exact) mass is 457 g/mol. The Morgan fingerprint density at radius 2 is 1.76 bits per heavy atom. The van der Waals surface area contributed by atoms with E-state index in [-0.39, 0.29) is 5.75 Å². The number of benzene rings is 2. The second kappa shape index (κ2) is 9.76. The molecule has 1 saturated heterocycles. The molecule has 0 aliphatic carbocycles. The van der Waals surface area contributed by atoms with Gasteiger partial charge in [0, 0.05) is 50.2 Å². The van der Waals surface area contributed by atoms with Gasteiger partial charge in [-0.1, -0.05) is 24.3 Å². The molecule has 0 spiro atoms. The smallest absolute Gasteiger partial charge is 0.406 e. The van der Waals surface area contributed by atoms with Crippen LogP contribution >= 0.6 is 0 Å². The van der Waals surface area contributed by atoms with Gasteiger partial charge in [-0.3, -0.25) is 4.90 Å². The Morgan fingerprint density at radius 1 is 1.03 bits per heavy atom. The molecule has 1 fully saturated rings. The number of hydrogen-bond acceptors (Lipinski definition) is 6. The van der Waals surface area contributed by atoms with E-state index in [2.05, 4.69) is 49.0 Å². The third-order valence-electron chi connectivity index (χ3n) is 5.52. The van der Waals surface area contributed by atoms with Gasteiger partial charge in [-0.25, -0.2) is 9.97 Å². The lowest BCUT2D eigenvalue weighted by Gasteiger charge is -2.32. The highest BCUT2D eigenvalue weighted by Gasteiger charge is 2.31. The molecule has 2 heterocycles. The number of rotatable bonds is 6. The summed E-state index contributed by atoms with van der Waals surface area (Å²) in [5.41, 5.74) is 3.86. The van der Waals surface area contributed by atoms with Crippen molar-refractivity contribution in [3.8, 4) is 17.0 Å². The van der Waals surface area contributed by atoms with E-state index in [0.29, 0.717) is 17.2 Å². The SMILES string of the molecule is Cc1cnc(Nc2ccc(CN3CCN(C)CC3)cc2)nc1-c1cccc(OC(F)(F)F)c1. The molecule has 2 aromatic carbocycles. The number of ether oxygens (including phenoxy) is 1. The van der Waals surface area contributed by atoms with Crippen molar-refractivity contribution in [3.63, 3.8) is 0 Å². The normalized spacial score (nSPS) is 15.4. The van der Waals surface area contributed by atoms with Gasteiger partial charge in [0.05, 0.1) is 5.69 Å². The molecule has 6 nitrogen and oxygen atoms in total. The van der Waals surface area contributed by atoms with Gasteiger partial charge < -0.3 is 15.0 Å². The molecule has 1 N–H and O–H groups in total. The van der Waals surface area contributed by atoms with Crippen molar-refractivity contribution in [1.29, 1.82) is 0 Å². The van der Waals surface area contributed by atoms with E-state index in [4.69, 9.17) is 0 Å². The van der Waals surface area contributed by atoms with Gasteiger partial charge in [-0.2, -0.15) is 0 Å². The first-order chi connectivity index (χ1) is 15.7. The summed E-state index contributed by atoms with van der Waals surface area (Å²) < 4.78 is 41.8. The van der Waals surface area contributed by atoms with Crippen molar-refractivity contribution in [2.75, 3.05) is 38.5 Å². The minimum atomic E-state index is -4.75. The Morgan fingerprint density at radius 3 is 2.45 bits per heavy atom. The number of piperazine rings is 1. The van der Waals surface area contributed by atoms with E-state index in [0.717, 1.165) is 44.0 Å². The van der Waals surface area contributed by atoms with Crippen molar-refractivity contribution in [2.45, 2.75) is 19.8 Å². The predicted octanol–water partition coefficient (Wildman–Crippen LogP) is 4.84. The Bertz CT molecular complexity index is 1080. The van der Waals surface area contributed by atoms with Crippen LogP contribution in [0.25, 0.3) is 11.3 Å². The van der Waals surface area contributed by atoms with Crippen molar-refractivity contribution in [2.24, 2.45) is 0 Å². The molecule has 9 heteroatoms. The fraction of sp³-hybridized carbons (Fsp3) is 0.333. The number of nitrogens with zero attached hydrogens (tertiary/aromatic N) is 4. The number of alkyl halides is 3. The van der Waals surface area contributed by atoms with Crippen LogP contribution in [0.3, 0.4) is 0 Å². The molecular formula is C24H26F3N5O. The first kappa shape index (κ1) is 23.0. The van der Waals surface area contributed by atoms with Crippen LogP contribution in [0.1, 0.15) is 11.1 Å². The van der Waals surface area contributed by atoms with Crippen LogP contribution in [0.15, 0.2) is 54.7 Å². The molecule has 0 saturated carbocycles. The third-order valence-corrected chi connectivity index (χ3v) is 5.52. The van der Waals surface area contributed by atoms with Crippen molar-refractivity contribution in [1.82, 2.24) is 19.8 Å². The molecule has 0 amide bonds. The molecule has 174 valence electrons. The van der Waals surface area contributed by atoms with Gasteiger partial charge in [0.15, 0.2) is 0 Å². The molecule has 1 aliphatic rings. The Kier molecular flexibility index (Phi) is 6.80. The summed E-state index contributed by atoms with van der Waals surface area (Å²) in [5, 5.41) is 3.18. The molecule has 33 heavy (non-hydrogen) atoms. The van der Waals surface area contributed by atoms with E-state index in [1.165, 1.54) is 23.8 Å². The molecule has 0 atom stereocenters. The molecular weight excluding hydrogens is 431 g/mol. The standard InChI is InChI=1S/C24H26F3N5O/c1-17-15-28-23(30-22(17)19-4-3-5-21(14-19)33-24(25,26)27)29-20-8-6-18(7-9-20)16-32-12-10-31(2)11-13-32/h3-9,14-15H,10-13,16H2,1-2H3,(H,28,29,30). The van der Waals surface area contributed by atoms with E-state index in [1.54, 1.807) is 12.3 Å². The van der Waals surface area contributed by atoms with Crippen molar-refractivity contribution in [3.05, 3.63) is 65.9 Å². The zero-order chi connectivity index (χ0) is 23.4. The predicted molar refractivity (Wildman–Crippen MR) is 121 cm³/mol. The minimum absolute atomic E-state index is 0.288. The number of halogens is 3. The van der Waals surface area contributed by atoms with Crippen LogP contribution in [0, 0.1) is 6.92 Å². The fourth-order valence-electron chi connectivity index (χ4n) is 3.72. The summed E-state index contributed by atoms with van der Waals surface area (Å²) in [4.78, 5) is 13.6. The van der Waals surface area contributed by atoms with Gasteiger partial charge in [-0.05, 0) is 49.4 Å². The summed E-state index contributed by atoms with van der Waals surface area (Å²) in [6.07, 6.45) is -3.10. The van der Waals surface area contributed by atoms with E-state index in [9.17, 15) is 13.2 Å². The molecule has 0 radical (unpaired) electrons. The maximum absolute atomic E-state index is 12.6. The van der Waals surface area contributed by atoms with Crippen LogP contribution in [-0.2, 0) is 6.54 Å². The molecule has 1 aliphatic heterocycles. The molecule has 1 aromatic heterocycles. The average molecular weight is 458 g/mol. The van der Waals surface area contributed by atoms with Gasteiger partial charge in [-0.15, -0.1) is 13.2 Å². The van der Waals surface area contributed by atoms with Gasteiger partial charge >= 0.3 is 6.36 Å². The molecule has 3 aromatic rings. The van der Waals surface area contributed by atoms with E-state index in [1.807, 2.05) is 19.1 Å². The summed E-state index contributed by atoms with van der Waals surface area (Å²) in [7, 11) is 2.14. The van der Waals surface area contributed by atoms with Crippen LogP contribution < -0.4 is 10.1 Å². The van der Waals surface area contributed by atoms with E-state index >= 15 is 0 Å². The van der Waals surface area contributed by atoms with Crippen LogP contribution in [0.2, 0.25) is 0 Å². The quantitative estimate of drug-likeness (QED) is 0.572. The maximum atomic E-state index is 12.6. The topological polar surface area (TPSA) is 53.5 Å². The lowest BCUT2D eigenvalue weighted by Crippen LogP contribution is -2.43. The molecule has 4 rings (SSSR count). The van der Waals surface area contributed by atoms with Crippen LogP contribution in [-0.4, -0.2) is 59.4 Å². The highest BCUT2D eigenvalue weighted by atomic mass is 19.4. The highest BCUT2D eigenvalue weighted by Crippen LogP contribution is 2.29. The fourth-order valence-corrected chi connectivity index (χ4v) is 3.72. The maximum Gasteiger partial charge on any atom is 0.573 e. The van der Waals surface area contributed by atoms with Crippen molar-refractivity contribution < 1.29 is 17.9 Å². The number of aryl methyl sites for hydroxylation is 1. The lowest BCUT2D eigenvalue weighted by molar-refractivity contribution is -0.274. The number of anilines is 2. The third kappa shape index (κ3) is 6.43. The Balaban J connectivity index is 1.45. The molecule has 0 unspecified atom stereocenters. The lowest BCUT2D eigenvalue weighted by atomic mass is 10.1. The number of likely N-dealkylation sites (N-methyl/N-ethyl adjacent to an activating group) is 1. The minimum Gasteiger partial charge on any atom is -0.406 e. The van der Waals surface area contributed by atoms with Gasteiger partial charge in [0.1, 0.15) is 5.75 Å². The van der Waals surface area contributed by atoms with Crippen LogP contribution in [0.4, 0.5) is 24.8 Å². The second-order valence-electron chi connectivity index (χ2n) is 8.20. The first-order valence-corrected chi connectivity index (χ1v) is 10.7. The largest absolute Gasteiger partial charge is 0.573 e. The Labute approximate surface area is 191 Å². The highest BCUT2D eigenvalue weighted by molar-refractivity contribution is 5.66. The average Bonchev–Trinajstić information content (AvgIpc) is 2.77.